The van der Waals surface area contributed by atoms with Crippen LogP contribution >= 0.6 is 15.9 Å². The molecule has 1 aliphatic heterocycles. The second-order valence-corrected chi connectivity index (χ2v) is 6.33. The number of nitrogens with one attached hydrogen (secondary N) is 1. The van der Waals surface area contributed by atoms with Gasteiger partial charge < -0.3 is 11.1 Å². The van der Waals surface area contributed by atoms with Crippen molar-refractivity contribution in [3.8, 4) is 0 Å². The monoisotopic (exact) mass is 323 g/mol. The highest BCUT2D eigenvalue weighted by molar-refractivity contribution is 9.10. The van der Waals surface area contributed by atoms with Crippen LogP contribution in [0.3, 0.4) is 0 Å². The number of hydrogen-bond donors (Lipinski definition) is 2. The fourth-order valence-corrected chi connectivity index (χ4v) is 3.06. The standard InChI is InChI=1S/C14H18BrN3O/c15-9-1-4-12(13(16)7-9)14(19)17-10-5-6-18(8-10)11-2-3-11/h1,4,7,10-11H,2-3,5-6,8,16H2,(H,17,19). The van der Waals surface area contributed by atoms with Crippen LogP contribution in [0.2, 0.25) is 0 Å². The Morgan fingerprint density at radius 2 is 2.16 bits per heavy atom. The zero-order valence-electron chi connectivity index (χ0n) is 10.7. The van der Waals surface area contributed by atoms with Gasteiger partial charge in [0.2, 0.25) is 0 Å². The van der Waals surface area contributed by atoms with Crippen molar-refractivity contribution in [2.75, 3.05) is 18.8 Å². The first-order chi connectivity index (χ1) is 9.13. The zero-order valence-corrected chi connectivity index (χ0v) is 12.3. The van der Waals surface area contributed by atoms with Crippen molar-refractivity contribution >= 4 is 27.5 Å². The van der Waals surface area contributed by atoms with Gasteiger partial charge in [-0.2, -0.15) is 0 Å². The Balaban J connectivity index is 1.61. The first kappa shape index (κ1) is 12.9. The van der Waals surface area contributed by atoms with Crippen LogP contribution in [-0.4, -0.2) is 36.0 Å². The molecule has 102 valence electrons. The molecule has 0 spiro atoms. The van der Waals surface area contributed by atoms with Gasteiger partial charge in [-0.25, -0.2) is 0 Å². The molecule has 1 saturated carbocycles. The summed E-state index contributed by atoms with van der Waals surface area (Å²) in [7, 11) is 0. The molecule has 2 fully saturated rings. The van der Waals surface area contributed by atoms with E-state index in [-0.39, 0.29) is 11.9 Å². The fraction of sp³-hybridized carbons (Fsp3) is 0.500. The minimum atomic E-state index is -0.0624. The summed E-state index contributed by atoms with van der Waals surface area (Å²) < 4.78 is 0.891. The molecule has 5 heteroatoms. The maximum atomic E-state index is 12.2. The van der Waals surface area contributed by atoms with E-state index in [1.807, 2.05) is 6.07 Å². The first-order valence-corrected chi connectivity index (χ1v) is 7.53. The van der Waals surface area contributed by atoms with E-state index in [2.05, 4.69) is 26.1 Å². The molecule has 0 radical (unpaired) electrons. The van der Waals surface area contributed by atoms with E-state index < -0.39 is 0 Å². The highest BCUT2D eigenvalue weighted by Crippen LogP contribution is 2.30. The van der Waals surface area contributed by atoms with Crippen LogP contribution in [0.15, 0.2) is 22.7 Å². The molecule has 1 aliphatic carbocycles. The number of carbonyl (C=O) groups excluding carboxylic acids is 1. The molecule has 3 rings (SSSR count). The molecule has 1 unspecified atom stereocenters. The molecule has 4 nitrogen and oxygen atoms in total. The SMILES string of the molecule is Nc1cc(Br)ccc1C(=O)NC1CCN(C2CC2)C1. The molecular formula is C14H18BrN3O. The molecule has 0 bridgehead atoms. The smallest absolute Gasteiger partial charge is 0.253 e. The number of halogens is 1. The predicted molar refractivity (Wildman–Crippen MR) is 79.0 cm³/mol. The van der Waals surface area contributed by atoms with Gasteiger partial charge in [0.25, 0.3) is 5.91 Å². The lowest BCUT2D eigenvalue weighted by atomic mass is 10.1. The van der Waals surface area contributed by atoms with Gasteiger partial charge in [-0.1, -0.05) is 15.9 Å². The summed E-state index contributed by atoms with van der Waals surface area (Å²) >= 11 is 3.35. The maximum absolute atomic E-state index is 12.2. The van der Waals surface area contributed by atoms with Gasteiger partial charge in [-0.05, 0) is 37.5 Å². The molecule has 19 heavy (non-hydrogen) atoms. The van der Waals surface area contributed by atoms with Crippen molar-refractivity contribution in [1.29, 1.82) is 0 Å². The van der Waals surface area contributed by atoms with Crippen LogP contribution in [0.25, 0.3) is 0 Å². The van der Waals surface area contributed by atoms with E-state index in [4.69, 9.17) is 5.73 Å². The van der Waals surface area contributed by atoms with Gasteiger partial charge in [-0.3, -0.25) is 9.69 Å². The number of nitrogens with zero attached hydrogens (tertiary/aromatic N) is 1. The molecule has 1 aromatic rings. The fourth-order valence-electron chi connectivity index (χ4n) is 2.68. The van der Waals surface area contributed by atoms with Crippen LogP contribution in [-0.2, 0) is 0 Å². The van der Waals surface area contributed by atoms with Crippen molar-refractivity contribution in [2.45, 2.75) is 31.3 Å². The molecular weight excluding hydrogens is 306 g/mol. The third-order valence-corrected chi connectivity index (χ3v) is 4.37. The summed E-state index contributed by atoms with van der Waals surface area (Å²) in [4.78, 5) is 14.7. The summed E-state index contributed by atoms with van der Waals surface area (Å²) in [5.74, 6) is -0.0624. The Hall–Kier alpha value is -1.07. The Labute approximate surface area is 121 Å². The van der Waals surface area contributed by atoms with Gasteiger partial charge in [0.1, 0.15) is 0 Å². The second-order valence-electron chi connectivity index (χ2n) is 5.42. The van der Waals surface area contributed by atoms with Crippen LogP contribution in [0.1, 0.15) is 29.6 Å². The summed E-state index contributed by atoms with van der Waals surface area (Å²) in [6.45, 7) is 2.08. The Bertz CT molecular complexity index is 501. The number of anilines is 1. The molecule has 2 aliphatic rings. The Morgan fingerprint density at radius 3 is 2.84 bits per heavy atom. The van der Waals surface area contributed by atoms with E-state index >= 15 is 0 Å². The van der Waals surface area contributed by atoms with Gasteiger partial charge in [0.15, 0.2) is 0 Å². The van der Waals surface area contributed by atoms with E-state index in [1.54, 1.807) is 12.1 Å². The predicted octanol–water partition coefficient (Wildman–Crippen LogP) is 2.00. The van der Waals surface area contributed by atoms with Crippen molar-refractivity contribution in [3.05, 3.63) is 28.2 Å². The number of nitrogens with two attached hydrogens (primary N) is 1. The summed E-state index contributed by atoms with van der Waals surface area (Å²) in [6.07, 6.45) is 3.68. The van der Waals surface area contributed by atoms with Crippen LogP contribution in [0, 0.1) is 0 Å². The lowest BCUT2D eigenvalue weighted by Crippen LogP contribution is -2.37. The largest absolute Gasteiger partial charge is 0.398 e. The number of likely N-dealkylation sites (tertiary alicyclic amines) is 1. The minimum Gasteiger partial charge on any atom is -0.398 e. The van der Waals surface area contributed by atoms with Crippen LogP contribution < -0.4 is 11.1 Å². The van der Waals surface area contributed by atoms with Crippen molar-refractivity contribution in [2.24, 2.45) is 0 Å². The average molecular weight is 324 g/mol. The molecule has 1 atom stereocenters. The van der Waals surface area contributed by atoms with Crippen molar-refractivity contribution < 1.29 is 4.79 Å². The average Bonchev–Trinajstić information content (AvgIpc) is 3.10. The van der Waals surface area contributed by atoms with E-state index in [1.165, 1.54) is 12.8 Å². The van der Waals surface area contributed by atoms with E-state index in [0.717, 1.165) is 30.0 Å². The maximum Gasteiger partial charge on any atom is 0.253 e. The Kier molecular flexibility index (Phi) is 3.50. The van der Waals surface area contributed by atoms with E-state index in [0.29, 0.717) is 11.3 Å². The van der Waals surface area contributed by atoms with Crippen molar-refractivity contribution in [1.82, 2.24) is 10.2 Å². The van der Waals surface area contributed by atoms with E-state index in [9.17, 15) is 4.79 Å². The third-order valence-electron chi connectivity index (χ3n) is 3.88. The molecule has 1 amide bonds. The highest BCUT2D eigenvalue weighted by atomic mass is 79.9. The number of benzene rings is 1. The number of hydrogen-bond acceptors (Lipinski definition) is 3. The summed E-state index contributed by atoms with van der Waals surface area (Å²) in [6, 6.07) is 6.41. The first-order valence-electron chi connectivity index (χ1n) is 6.73. The topological polar surface area (TPSA) is 58.4 Å². The number of carbonyl (C=O) groups is 1. The molecule has 1 aromatic carbocycles. The quantitative estimate of drug-likeness (QED) is 0.836. The number of rotatable bonds is 3. The van der Waals surface area contributed by atoms with Gasteiger partial charge in [0.05, 0.1) is 5.56 Å². The van der Waals surface area contributed by atoms with Gasteiger partial charge in [0, 0.05) is 35.3 Å². The Morgan fingerprint density at radius 1 is 1.37 bits per heavy atom. The lowest BCUT2D eigenvalue weighted by Gasteiger charge is -2.16. The number of nitrogen functional groups attached to an aromatic ring is 1. The molecule has 3 N–H and O–H groups in total. The minimum absolute atomic E-state index is 0.0624. The molecule has 0 aromatic heterocycles. The molecule has 1 saturated heterocycles. The number of amides is 1. The molecule has 1 heterocycles. The normalized spacial score (nSPS) is 23.5. The van der Waals surface area contributed by atoms with Crippen LogP contribution in [0.4, 0.5) is 5.69 Å². The highest BCUT2D eigenvalue weighted by Gasteiger charge is 2.34. The van der Waals surface area contributed by atoms with Crippen LogP contribution in [0.5, 0.6) is 0 Å². The third kappa shape index (κ3) is 2.92. The van der Waals surface area contributed by atoms with Gasteiger partial charge in [-0.15, -0.1) is 0 Å². The van der Waals surface area contributed by atoms with Gasteiger partial charge >= 0.3 is 0 Å². The summed E-state index contributed by atoms with van der Waals surface area (Å²) in [5, 5.41) is 3.09. The zero-order chi connectivity index (χ0) is 13.4. The second kappa shape index (κ2) is 5.13. The summed E-state index contributed by atoms with van der Waals surface area (Å²) in [5.41, 5.74) is 6.96. The lowest BCUT2D eigenvalue weighted by molar-refractivity contribution is 0.0938. The van der Waals surface area contributed by atoms with Crippen molar-refractivity contribution in [3.63, 3.8) is 0 Å².